The highest BCUT2D eigenvalue weighted by Crippen LogP contribution is 2.49. The number of halogens is 1. The van der Waals surface area contributed by atoms with Crippen LogP contribution in [0.2, 0.25) is 5.02 Å². The van der Waals surface area contributed by atoms with E-state index in [1.807, 2.05) is 31.2 Å². The number of nitrogens with one attached hydrogen (secondary N) is 1. The predicted octanol–water partition coefficient (Wildman–Crippen LogP) is 9.44. The maximum Gasteiger partial charge on any atom is 0.144 e. The van der Waals surface area contributed by atoms with Crippen molar-refractivity contribution < 1.29 is 14.2 Å². The third kappa shape index (κ3) is 7.29. The minimum Gasteiger partial charge on any atom is -0.495 e. The maximum atomic E-state index is 6.64. The molecule has 1 saturated heterocycles. The molecule has 0 radical (unpaired) electrons. The molecule has 2 heterocycles. The van der Waals surface area contributed by atoms with Gasteiger partial charge in [-0.2, -0.15) is 0 Å². The van der Waals surface area contributed by atoms with E-state index in [2.05, 4.69) is 61.5 Å². The first-order chi connectivity index (χ1) is 19.8. The zero-order chi connectivity index (χ0) is 28.9. The first-order valence-corrected chi connectivity index (χ1v) is 15.7. The summed E-state index contributed by atoms with van der Waals surface area (Å²) >= 11 is 8.22. The second-order valence-electron chi connectivity index (χ2n) is 11.2. The van der Waals surface area contributed by atoms with E-state index < -0.39 is 0 Å². The van der Waals surface area contributed by atoms with Gasteiger partial charge in [0, 0.05) is 41.4 Å². The largest absolute Gasteiger partial charge is 0.495 e. The second kappa shape index (κ2) is 13.4. The molecule has 1 saturated carbocycles. The molecule has 7 heteroatoms. The van der Waals surface area contributed by atoms with Crippen LogP contribution in [0.25, 0.3) is 5.76 Å². The average molecular weight is 593 g/mol. The molecule has 0 amide bonds. The number of allylic oxidation sites excluding steroid dienone is 2. The van der Waals surface area contributed by atoms with Gasteiger partial charge >= 0.3 is 0 Å². The molecule has 2 aliphatic rings. The minimum absolute atomic E-state index is 0.225. The van der Waals surface area contributed by atoms with Crippen LogP contribution in [0.4, 0.5) is 10.7 Å². The number of anilines is 2. The molecule has 1 aliphatic heterocycles. The Morgan fingerprint density at radius 1 is 1.17 bits per heavy atom. The number of piperidine rings is 1. The fraction of sp³-hybridized carbons (Fsp3) is 0.412. The lowest BCUT2D eigenvalue weighted by Gasteiger charge is -2.25. The van der Waals surface area contributed by atoms with E-state index in [1.54, 1.807) is 18.4 Å². The van der Waals surface area contributed by atoms with Crippen molar-refractivity contribution in [3.05, 3.63) is 86.9 Å². The van der Waals surface area contributed by atoms with Gasteiger partial charge in [-0.05, 0) is 83.2 Å². The maximum absolute atomic E-state index is 6.64. The highest BCUT2D eigenvalue weighted by atomic mass is 35.5. The summed E-state index contributed by atoms with van der Waals surface area (Å²) in [6.07, 6.45) is 6.49. The van der Waals surface area contributed by atoms with Gasteiger partial charge in [0.05, 0.1) is 19.4 Å². The molecule has 5 nitrogen and oxygen atoms in total. The molecule has 0 bridgehead atoms. The molecular formula is C34H41ClN2O3S. The van der Waals surface area contributed by atoms with Crippen molar-refractivity contribution >= 4 is 39.4 Å². The molecule has 0 spiro atoms. The van der Waals surface area contributed by atoms with Gasteiger partial charge in [0.2, 0.25) is 0 Å². The summed E-state index contributed by atoms with van der Waals surface area (Å²) in [4.78, 5) is 3.27. The quantitative estimate of drug-likeness (QED) is 0.225. The lowest BCUT2D eigenvalue weighted by atomic mass is 10.0. The SMILES string of the molecule is COC(=C1CC1)c1sc(N(C=C(C)C)c2cc(OCC3CCCNC3)ccc2C)cc1O[C@H](C)c1ccccc1Cl. The summed E-state index contributed by atoms with van der Waals surface area (Å²) in [6.45, 7) is 11.3. The van der Waals surface area contributed by atoms with Gasteiger partial charge in [-0.1, -0.05) is 41.4 Å². The van der Waals surface area contributed by atoms with E-state index in [0.717, 1.165) is 70.9 Å². The number of hydrogen-bond acceptors (Lipinski definition) is 6. The minimum atomic E-state index is -0.225. The summed E-state index contributed by atoms with van der Waals surface area (Å²) in [5.74, 6) is 3.16. The van der Waals surface area contributed by atoms with Crippen molar-refractivity contribution in [1.29, 1.82) is 0 Å². The van der Waals surface area contributed by atoms with Gasteiger partial charge in [-0.15, -0.1) is 11.3 Å². The number of ether oxygens (including phenoxy) is 3. The Labute approximate surface area is 253 Å². The normalized spacial score (nSPS) is 17.0. The fourth-order valence-electron chi connectivity index (χ4n) is 5.20. The van der Waals surface area contributed by atoms with Crippen LogP contribution >= 0.6 is 22.9 Å². The topological polar surface area (TPSA) is 43.0 Å². The number of aryl methyl sites for hydroxylation is 1. The zero-order valence-electron chi connectivity index (χ0n) is 24.8. The Kier molecular flexibility index (Phi) is 9.64. The number of rotatable bonds is 11. The molecule has 41 heavy (non-hydrogen) atoms. The Balaban J connectivity index is 1.50. The van der Waals surface area contributed by atoms with Crippen LogP contribution in [0.5, 0.6) is 11.5 Å². The van der Waals surface area contributed by atoms with Crippen molar-refractivity contribution in [2.24, 2.45) is 5.92 Å². The third-order valence-electron chi connectivity index (χ3n) is 7.51. The predicted molar refractivity (Wildman–Crippen MR) is 172 cm³/mol. The Bertz CT molecular complexity index is 1410. The summed E-state index contributed by atoms with van der Waals surface area (Å²) in [7, 11) is 1.75. The van der Waals surface area contributed by atoms with Crippen LogP contribution < -0.4 is 19.7 Å². The molecule has 1 aliphatic carbocycles. The molecule has 218 valence electrons. The zero-order valence-corrected chi connectivity index (χ0v) is 26.3. The lowest BCUT2D eigenvalue weighted by molar-refractivity contribution is 0.218. The average Bonchev–Trinajstić information content (AvgIpc) is 3.72. The van der Waals surface area contributed by atoms with Crippen molar-refractivity contribution in [2.75, 3.05) is 31.7 Å². The number of benzene rings is 2. The lowest BCUT2D eigenvalue weighted by Crippen LogP contribution is -2.33. The van der Waals surface area contributed by atoms with Gasteiger partial charge in [0.15, 0.2) is 0 Å². The Morgan fingerprint density at radius 3 is 2.66 bits per heavy atom. The molecule has 2 aromatic carbocycles. The van der Waals surface area contributed by atoms with E-state index in [1.165, 1.54) is 29.6 Å². The molecule has 5 rings (SSSR count). The highest BCUT2D eigenvalue weighted by molar-refractivity contribution is 7.17. The van der Waals surface area contributed by atoms with Crippen molar-refractivity contribution in [3.8, 4) is 11.5 Å². The van der Waals surface area contributed by atoms with Crippen LogP contribution in [-0.2, 0) is 4.74 Å². The standard InChI is InChI=1S/C34H41ClN2O3S/c1-22(2)20-37(30-17-27(15-12-23(30)3)39-21-25-9-8-16-36-19-25)32-18-31(34(41-32)33(38-5)26-13-14-26)40-24(4)28-10-6-7-11-29(28)35/h6-7,10-12,15,17-18,20,24-25,36H,8-9,13-14,16,19,21H2,1-5H3/t24-,25?/m1/s1. The molecule has 2 atom stereocenters. The monoisotopic (exact) mass is 592 g/mol. The number of hydrogen-bond donors (Lipinski definition) is 1. The van der Waals surface area contributed by atoms with Gasteiger partial charge in [0.25, 0.3) is 0 Å². The summed E-state index contributed by atoms with van der Waals surface area (Å²) in [5.41, 5.74) is 5.73. The van der Waals surface area contributed by atoms with Crippen LogP contribution in [0.1, 0.15) is 68.6 Å². The van der Waals surface area contributed by atoms with Gasteiger partial charge in [-0.25, -0.2) is 0 Å². The van der Waals surface area contributed by atoms with Crippen molar-refractivity contribution in [2.45, 2.75) is 59.5 Å². The van der Waals surface area contributed by atoms with E-state index in [-0.39, 0.29) is 6.10 Å². The van der Waals surface area contributed by atoms with Crippen LogP contribution in [-0.4, -0.2) is 26.8 Å². The molecule has 2 fully saturated rings. The van der Waals surface area contributed by atoms with E-state index in [9.17, 15) is 0 Å². The highest BCUT2D eigenvalue weighted by Gasteiger charge is 2.28. The third-order valence-corrected chi connectivity index (χ3v) is 8.97. The summed E-state index contributed by atoms with van der Waals surface area (Å²) < 4.78 is 18.9. The Morgan fingerprint density at radius 2 is 1.98 bits per heavy atom. The number of methoxy groups -OCH3 is 1. The number of thiophene rings is 1. The smallest absolute Gasteiger partial charge is 0.144 e. The first-order valence-electron chi connectivity index (χ1n) is 14.5. The van der Waals surface area contributed by atoms with Gasteiger partial charge in [-0.3, -0.25) is 0 Å². The summed E-state index contributed by atoms with van der Waals surface area (Å²) in [5, 5.41) is 5.24. The first kappa shape index (κ1) is 29.6. The molecule has 3 aromatic rings. The van der Waals surface area contributed by atoms with E-state index in [4.69, 9.17) is 25.8 Å². The fourth-order valence-corrected chi connectivity index (χ4v) is 6.64. The Hall–Kier alpha value is -2.93. The second-order valence-corrected chi connectivity index (χ2v) is 12.7. The van der Waals surface area contributed by atoms with Crippen LogP contribution in [0.15, 0.2) is 65.9 Å². The summed E-state index contributed by atoms with van der Waals surface area (Å²) in [6, 6.07) is 16.4. The van der Waals surface area contributed by atoms with Crippen molar-refractivity contribution in [1.82, 2.24) is 5.32 Å². The van der Waals surface area contributed by atoms with Gasteiger partial charge < -0.3 is 24.4 Å². The number of nitrogens with zero attached hydrogens (tertiary/aromatic N) is 1. The van der Waals surface area contributed by atoms with Crippen LogP contribution in [0, 0.1) is 12.8 Å². The molecule has 1 N–H and O–H groups in total. The van der Waals surface area contributed by atoms with E-state index >= 15 is 0 Å². The molecule has 1 aromatic heterocycles. The van der Waals surface area contributed by atoms with Crippen molar-refractivity contribution in [3.63, 3.8) is 0 Å². The van der Waals surface area contributed by atoms with Gasteiger partial charge in [0.1, 0.15) is 33.2 Å². The van der Waals surface area contributed by atoms with Crippen LogP contribution in [0.3, 0.4) is 0 Å². The van der Waals surface area contributed by atoms with E-state index in [0.29, 0.717) is 10.9 Å². The molecular weight excluding hydrogens is 552 g/mol. The molecule has 1 unspecified atom stereocenters.